The second kappa shape index (κ2) is 5.38. The first kappa shape index (κ1) is 17.5. The number of sulfonamides is 1. The summed E-state index contributed by atoms with van der Waals surface area (Å²) < 4.78 is 63.9. The molecule has 1 aromatic carbocycles. The van der Waals surface area contributed by atoms with Gasteiger partial charge in [0.25, 0.3) is 0 Å². The number of carboxylic acids is 1. The Morgan fingerprint density at radius 3 is 2.43 bits per heavy atom. The first-order valence-electron chi connectivity index (χ1n) is 6.52. The first-order valence-corrected chi connectivity index (χ1v) is 7.96. The van der Waals surface area contributed by atoms with Crippen molar-refractivity contribution >= 4 is 16.0 Å². The van der Waals surface area contributed by atoms with Crippen molar-refractivity contribution in [2.75, 3.05) is 13.1 Å². The lowest BCUT2D eigenvalue weighted by molar-refractivity contribution is -0.147. The monoisotopic (exact) mass is 353 g/mol. The molecule has 10 heteroatoms. The Morgan fingerprint density at radius 1 is 1.35 bits per heavy atom. The average Bonchev–Trinajstić information content (AvgIpc) is 2.82. The van der Waals surface area contributed by atoms with Crippen LogP contribution in [-0.4, -0.2) is 42.0 Å². The molecule has 0 aliphatic carbocycles. The summed E-state index contributed by atoms with van der Waals surface area (Å²) in [5, 5.41) is 18.8. The average molecular weight is 353 g/mol. The first-order chi connectivity index (χ1) is 10.4. The molecule has 6 nitrogen and oxygen atoms in total. The lowest BCUT2D eigenvalue weighted by Crippen LogP contribution is -2.35. The normalized spacial score (nSPS) is 23.1. The molecule has 1 aromatic rings. The van der Waals surface area contributed by atoms with Gasteiger partial charge in [-0.1, -0.05) is 0 Å². The van der Waals surface area contributed by atoms with Crippen molar-refractivity contribution in [3.05, 3.63) is 23.8 Å². The SMILES string of the molecule is CC1(C(=O)O)CCN(S(=O)(=O)c2cc(C(F)(F)F)ccc2O)C1. The van der Waals surface area contributed by atoms with Gasteiger partial charge in [0.2, 0.25) is 10.0 Å². The van der Waals surface area contributed by atoms with Gasteiger partial charge in [-0.05, 0) is 31.5 Å². The van der Waals surface area contributed by atoms with Gasteiger partial charge in [-0.2, -0.15) is 17.5 Å². The summed E-state index contributed by atoms with van der Waals surface area (Å²) in [5.74, 6) is -2.01. The van der Waals surface area contributed by atoms with E-state index in [1.165, 1.54) is 6.92 Å². The number of carboxylic acid groups (broad SMARTS) is 1. The third-order valence-electron chi connectivity index (χ3n) is 3.86. The van der Waals surface area contributed by atoms with Gasteiger partial charge in [0.1, 0.15) is 10.6 Å². The number of alkyl halides is 3. The Labute approximate surface area is 130 Å². The van der Waals surface area contributed by atoms with E-state index < -0.39 is 43.8 Å². The van der Waals surface area contributed by atoms with Crippen molar-refractivity contribution in [1.82, 2.24) is 4.31 Å². The predicted octanol–water partition coefficient (Wildman–Crippen LogP) is 1.90. The molecule has 2 N–H and O–H groups in total. The number of hydrogen-bond donors (Lipinski definition) is 2. The third kappa shape index (κ3) is 3.13. The standard InChI is InChI=1S/C13H14F3NO5S/c1-12(11(19)20)4-5-17(7-12)23(21,22)10-6-8(13(14,15)16)2-3-9(10)18/h2-3,6,18H,4-5,7H2,1H3,(H,19,20). The quantitative estimate of drug-likeness (QED) is 0.865. The molecule has 1 atom stereocenters. The maximum atomic E-state index is 12.7. The fourth-order valence-electron chi connectivity index (χ4n) is 2.33. The van der Waals surface area contributed by atoms with Crippen LogP contribution in [0.3, 0.4) is 0 Å². The minimum Gasteiger partial charge on any atom is -0.507 e. The van der Waals surface area contributed by atoms with Gasteiger partial charge in [0.15, 0.2) is 0 Å². The molecular weight excluding hydrogens is 339 g/mol. The molecule has 1 fully saturated rings. The second-order valence-corrected chi connectivity index (χ2v) is 7.54. The van der Waals surface area contributed by atoms with E-state index in [0.29, 0.717) is 18.2 Å². The third-order valence-corrected chi connectivity index (χ3v) is 5.73. The summed E-state index contributed by atoms with van der Waals surface area (Å²) in [4.78, 5) is 10.3. The highest BCUT2D eigenvalue weighted by atomic mass is 32.2. The Kier molecular flexibility index (Phi) is 4.10. The Morgan fingerprint density at radius 2 is 1.96 bits per heavy atom. The summed E-state index contributed by atoms with van der Waals surface area (Å²) in [6.45, 7) is 0.831. The van der Waals surface area contributed by atoms with Crippen molar-refractivity contribution in [2.45, 2.75) is 24.4 Å². The van der Waals surface area contributed by atoms with Gasteiger partial charge < -0.3 is 10.2 Å². The summed E-state index contributed by atoms with van der Waals surface area (Å²) in [5.41, 5.74) is -2.53. The van der Waals surface area contributed by atoms with Crippen molar-refractivity contribution in [3.63, 3.8) is 0 Å². The van der Waals surface area contributed by atoms with Crippen molar-refractivity contribution < 1.29 is 36.6 Å². The molecule has 0 amide bonds. The van der Waals surface area contributed by atoms with Crippen LogP contribution in [0.5, 0.6) is 5.75 Å². The summed E-state index contributed by atoms with van der Waals surface area (Å²) >= 11 is 0. The van der Waals surface area contributed by atoms with E-state index in [4.69, 9.17) is 5.11 Å². The molecule has 0 bridgehead atoms. The van der Waals surface area contributed by atoms with Gasteiger partial charge in [0.05, 0.1) is 11.0 Å². The molecule has 0 radical (unpaired) electrons. The molecule has 1 heterocycles. The summed E-state index contributed by atoms with van der Waals surface area (Å²) in [7, 11) is -4.44. The van der Waals surface area contributed by atoms with Gasteiger partial charge in [-0.25, -0.2) is 8.42 Å². The number of benzene rings is 1. The number of halogens is 3. The number of aromatic hydroxyl groups is 1. The molecular formula is C13H14F3NO5S. The number of rotatable bonds is 3. The largest absolute Gasteiger partial charge is 0.507 e. The van der Waals surface area contributed by atoms with Crippen LogP contribution in [0.25, 0.3) is 0 Å². The highest BCUT2D eigenvalue weighted by Gasteiger charge is 2.45. The van der Waals surface area contributed by atoms with Gasteiger partial charge in [0, 0.05) is 13.1 Å². The molecule has 23 heavy (non-hydrogen) atoms. The molecule has 0 saturated carbocycles. The number of hydrogen-bond acceptors (Lipinski definition) is 4. The number of phenolic OH excluding ortho intramolecular Hbond substituents is 1. The van der Waals surface area contributed by atoms with E-state index in [0.717, 1.165) is 4.31 Å². The van der Waals surface area contributed by atoms with E-state index in [2.05, 4.69) is 0 Å². The minimum absolute atomic E-state index is 0.0291. The molecule has 1 unspecified atom stereocenters. The van der Waals surface area contributed by atoms with Crippen molar-refractivity contribution in [2.24, 2.45) is 5.41 Å². The van der Waals surface area contributed by atoms with E-state index in [9.17, 15) is 31.5 Å². The summed E-state index contributed by atoms with van der Waals surface area (Å²) in [6.07, 6.45) is -4.74. The van der Waals surface area contributed by atoms with Crippen LogP contribution >= 0.6 is 0 Å². The van der Waals surface area contributed by atoms with Gasteiger partial charge in [-0.15, -0.1) is 0 Å². The highest BCUT2D eigenvalue weighted by Crippen LogP contribution is 2.38. The molecule has 128 valence electrons. The number of aliphatic carboxylic acids is 1. The zero-order chi connectivity index (χ0) is 17.6. The van der Waals surface area contributed by atoms with Crippen LogP contribution in [-0.2, 0) is 21.0 Å². The number of phenols is 1. The Bertz CT molecular complexity index is 746. The molecule has 1 aliphatic heterocycles. The Hall–Kier alpha value is -1.81. The number of carbonyl (C=O) groups is 1. The maximum Gasteiger partial charge on any atom is 0.416 e. The smallest absolute Gasteiger partial charge is 0.416 e. The lowest BCUT2D eigenvalue weighted by Gasteiger charge is -2.21. The fourth-order valence-corrected chi connectivity index (χ4v) is 4.01. The molecule has 0 aromatic heterocycles. The van der Waals surface area contributed by atoms with E-state index >= 15 is 0 Å². The minimum atomic E-state index is -4.77. The van der Waals surface area contributed by atoms with Crippen molar-refractivity contribution in [1.29, 1.82) is 0 Å². The van der Waals surface area contributed by atoms with Crippen LogP contribution in [0, 0.1) is 5.41 Å². The molecule has 1 aliphatic rings. The van der Waals surface area contributed by atoms with Gasteiger partial charge >= 0.3 is 12.1 Å². The van der Waals surface area contributed by atoms with Crippen LogP contribution in [0.1, 0.15) is 18.9 Å². The molecule has 0 spiro atoms. The van der Waals surface area contributed by atoms with Crippen LogP contribution in [0.15, 0.2) is 23.1 Å². The molecule has 2 rings (SSSR count). The highest BCUT2D eigenvalue weighted by molar-refractivity contribution is 7.89. The Balaban J connectivity index is 2.44. The zero-order valence-electron chi connectivity index (χ0n) is 12.0. The lowest BCUT2D eigenvalue weighted by atomic mass is 9.90. The van der Waals surface area contributed by atoms with E-state index in [-0.39, 0.29) is 19.5 Å². The van der Waals surface area contributed by atoms with E-state index in [1.807, 2.05) is 0 Å². The molecule has 1 saturated heterocycles. The van der Waals surface area contributed by atoms with E-state index in [1.54, 1.807) is 0 Å². The summed E-state index contributed by atoms with van der Waals surface area (Å²) in [6, 6.07) is 1.57. The zero-order valence-corrected chi connectivity index (χ0v) is 12.8. The van der Waals surface area contributed by atoms with Crippen LogP contribution < -0.4 is 0 Å². The second-order valence-electron chi connectivity index (χ2n) is 5.63. The fraction of sp³-hybridized carbons (Fsp3) is 0.462. The van der Waals surface area contributed by atoms with Crippen molar-refractivity contribution in [3.8, 4) is 5.75 Å². The van der Waals surface area contributed by atoms with Gasteiger partial charge in [-0.3, -0.25) is 4.79 Å². The maximum absolute atomic E-state index is 12.7. The predicted molar refractivity (Wildman–Crippen MR) is 72.2 cm³/mol. The van der Waals surface area contributed by atoms with Crippen LogP contribution in [0.4, 0.5) is 13.2 Å². The van der Waals surface area contributed by atoms with Crippen LogP contribution in [0.2, 0.25) is 0 Å². The topological polar surface area (TPSA) is 94.9 Å². The number of nitrogens with zero attached hydrogens (tertiary/aromatic N) is 1.